The Morgan fingerprint density at radius 1 is 1.30 bits per heavy atom. The number of ether oxygens (including phenoxy) is 1. The minimum Gasteiger partial charge on any atom is -0.495 e. The van der Waals surface area contributed by atoms with E-state index in [9.17, 15) is 8.42 Å². The average molecular weight is 360 g/mol. The van der Waals surface area contributed by atoms with Crippen molar-refractivity contribution in [3.63, 3.8) is 0 Å². The lowest BCUT2D eigenvalue weighted by Crippen LogP contribution is -2.38. The third kappa shape index (κ3) is 2.61. The molecule has 4 nitrogen and oxygen atoms in total. The van der Waals surface area contributed by atoms with Gasteiger partial charge in [0.25, 0.3) is 0 Å². The maximum atomic E-state index is 12.6. The van der Waals surface area contributed by atoms with Crippen LogP contribution in [0.3, 0.4) is 0 Å². The zero-order valence-corrected chi connectivity index (χ0v) is 13.7. The van der Waals surface area contributed by atoms with Crippen LogP contribution < -0.4 is 9.46 Å². The van der Waals surface area contributed by atoms with E-state index in [1.807, 2.05) is 0 Å². The number of methoxy groups -OCH3 is 1. The lowest BCUT2D eigenvalue weighted by molar-refractivity contribution is 0.385. The van der Waals surface area contributed by atoms with Crippen LogP contribution in [0.4, 0.5) is 0 Å². The second-order valence-electron chi connectivity index (χ2n) is 5.70. The molecule has 2 aliphatic carbocycles. The first kappa shape index (κ1) is 14.4. The van der Waals surface area contributed by atoms with Crippen molar-refractivity contribution in [2.24, 2.45) is 11.8 Å². The lowest BCUT2D eigenvalue weighted by Gasteiger charge is -2.23. The molecule has 6 heteroatoms. The Morgan fingerprint density at radius 2 is 2.10 bits per heavy atom. The smallest absolute Gasteiger partial charge is 0.244 e. The number of benzene rings is 1. The second kappa shape index (κ2) is 5.31. The molecule has 0 radical (unpaired) electrons. The van der Waals surface area contributed by atoms with Gasteiger partial charge in [0.2, 0.25) is 10.0 Å². The highest BCUT2D eigenvalue weighted by Gasteiger charge is 2.41. The Bertz CT molecular complexity index is 617. The molecule has 0 aromatic heterocycles. The Labute approximate surface area is 128 Å². The first-order valence-electron chi connectivity index (χ1n) is 6.85. The van der Waals surface area contributed by atoms with Gasteiger partial charge in [-0.3, -0.25) is 0 Å². The molecule has 2 bridgehead atoms. The fourth-order valence-electron chi connectivity index (χ4n) is 3.51. The summed E-state index contributed by atoms with van der Waals surface area (Å²) in [5.41, 5.74) is 0. The van der Waals surface area contributed by atoms with Crippen LogP contribution in [-0.2, 0) is 10.0 Å². The topological polar surface area (TPSA) is 55.4 Å². The summed E-state index contributed by atoms with van der Waals surface area (Å²) in [6.07, 6.45) is 4.54. The van der Waals surface area contributed by atoms with Crippen molar-refractivity contribution in [1.82, 2.24) is 4.72 Å². The fraction of sp³-hybridized carbons (Fsp3) is 0.571. The van der Waals surface area contributed by atoms with E-state index in [1.165, 1.54) is 20.0 Å². The number of halogens is 1. The molecule has 1 aromatic rings. The number of rotatable bonds is 4. The third-order valence-electron chi connectivity index (χ3n) is 4.46. The molecule has 0 aliphatic heterocycles. The van der Waals surface area contributed by atoms with Gasteiger partial charge < -0.3 is 4.74 Å². The first-order chi connectivity index (χ1) is 9.49. The summed E-state index contributed by atoms with van der Waals surface area (Å²) in [5, 5.41) is 0. The summed E-state index contributed by atoms with van der Waals surface area (Å²) in [4.78, 5) is 0.206. The lowest BCUT2D eigenvalue weighted by atomic mass is 9.96. The van der Waals surface area contributed by atoms with E-state index in [2.05, 4.69) is 20.7 Å². The van der Waals surface area contributed by atoms with E-state index in [1.54, 1.807) is 18.2 Å². The monoisotopic (exact) mass is 359 g/mol. The van der Waals surface area contributed by atoms with Gasteiger partial charge in [0.1, 0.15) is 10.6 Å². The molecule has 2 aliphatic rings. The van der Waals surface area contributed by atoms with Crippen molar-refractivity contribution in [1.29, 1.82) is 0 Å². The van der Waals surface area contributed by atoms with Crippen LogP contribution in [0.1, 0.15) is 25.7 Å². The molecule has 20 heavy (non-hydrogen) atoms. The van der Waals surface area contributed by atoms with Crippen molar-refractivity contribution >= 4 is 26.0 Å². The SMILES string of the molecule is COc1ccc(Br)cc1S(=O)(=O)N[C@@H]1C[C@H]2CC[C@H]1C2. The van der Waals surface area contributed by atoms with Crippen LogP contribution in [0, 0.1) is 11.8 Å². The van der Waals surface area contributed by atoms with Crippen molar-refractivity contribution in [3.05, 3.63) is 22.7 Å². The summed E-state index contributed by atoms with van der Waals surface area (Å²) in [6, 6.07) is 5.12. The van der Waals surface area contributed by atoms with Crippen molar-refractivity contribution in [2.45, 2.75) is 36.6 Å². The molecule has 3 atom stereocenters. The van der Waals surface area contributed by atoms with E-state index in [0.717, 1.165) is 17.3 Å². The van der Waals surface area contributed by atoms with E-state index in [0.29, 0.717) is 17.6 Å². The van der Waals surface area contributed by atoms with Crippen LogP contribution in [0.15, 0.2) is 27.6 Å². The number of hydrogen-bond acceptors (Lipinski definition) is 3. The molecular weight excluding hydrogens is 342 g/mol. The first-order valence-corrected chi connectivity index (χ1v) is 9.13. The summed E-state index contributed by atoms with van der Waals surface area (Å²) in [7, 11) is -2.05. The summed E-state index contributed by atoms with van der Waals surface area (Å²) < 4.78 is 33.9. The zero-order valence-electron chi connectivity index (χ0n) is 11.3. The molecule has 1 N–H and O–H groups in total. The third-order valence-corrected chi connectivity index (χ3v) is 6.46. The normalized spacial score (nSPS) is 28.8. The maximum absolute atomic E-state index is 12.6. The summed E-state index contributed by atoms with van der Waals surface area (Å²) in [6.45, 7) is 0. The maximum Gasteiger partial charge on any atom is 0.244 e. The largest absolute Gasteiger partial charge is 0.495 e. The summed E-state index contributed by atoms with van der Waals surface area (Å²) in [5.74, 6) is 1.59. The molecule has 0 unspecified atom stereocenters. The van der Waals surface area contributed by atoms with Crippen LogP contribution in [0.2, 0.25) is 0 Å². The average Bonchev–Trinajstić information content (AvgIpc) is 3.00. The van der Waals surface area contributed by atoms with Gasteiger partial charge in [0.05, 0.1) is 7.11 Å². The van der Waals surface area contributed by atoms with Crippen molar-refractivity contribution in [2.75, 3.05) is 7.11 Å². The highest BCUT2D eigenvalue weighted by atomic mass is 79.9. The highest BCUT2D eigenvalue weighted by molar-refractivity contribution is 9.10. The quantitative estimate of drug-likeness (QED) is 0.898. The predicted octanol–water partition coefficient (Wildman–Crippen LogP) is 2.92. The molecule has 2 saturated carbocycles. The van der Waals surface area contributed by atoms with E-state index >= 15 is 0 Å². The van der Waals surface area contributed by atoms with Gasteiger partial charge in [-0.1, -0.05) is 22.4 Å². The van der Waals surface area contributed by atoms with Gasteiger partial charge in [-0.05, 0) is 49.3 Å². The molecule has 0 amide bonds. The van der Waals surface area contributed by atoms with E-state index < -0.39 is 10.0 Å². The summed E-state index contributed by atoms with van der Waals surface area (Å²) >= 11 is 3.32. The van der Waals surface area contributed by atoms with E-state index in [-0.39, 0.29) is 10.9 Å². The highest BCUT2D eigenvalue weighted by Crippen LogP contribution is 2.45. The van der Waals surface area contributed by atoms with Gasteiger partial charge in [0, 0.05) is 10.5 Å². The van der Waals surface area contributed by atoms with Gasteiger partial charge in [0.15, 0.2) is 0 Å². The van der Waals surface area contributed by atoms with E-state index in [4.69, 9.17) is 4.74 Å². The number of fused-ring (bicyclic) bond motifs is 2. The molecule has 0 heterocycles. The van der Waals surface area contributed by atoms with Crippen LogP contribution in [0.25, 0.3) is 0 Å². The Morgan fingerprint density at radius 3 is 2.70 bits per heavy atom. The number of sulfonamides is 1. The van der Waals surface area contributed by atoms with Crippen LogP contribution >= 0.6 is 15.9 Å². The predicted molar refractivity (Wildman–Crippen MR) is 80.3 cm³/mol. The molecular formula is C14H18BrNO3S. The van der Waals surface area contributed by atoms with Gasteiger partial charge in [-0.2, -0.15) is 0 Å². The van der Waals surface area contributed by atoms with Crippen LogP contribution in [0.5, 0.6) is 5.75 Å². The minimum absolute atomic E-state index is 0.0856. The minimum atomic E-state index is -3.54. The Kier molecular flexibility index (Phi) is 3.81. The number of nitrogens with one attached hydrogen (secondary N) is 1. The van der Waals surface area contributed by atoms with Gasteiger partial charge in [-0.25, -0.2) is 13.1 Å². The molecule has 0 saturated heterocycles. The fourth-order valence-corrected chi connectivity index (χ4v) is 5.54. The standard InChI is InChI=1S/C14H18BrNO3S/c1-19-13-5-4-11(15)8-14(13)20(17,18)16-12-7-9-2-3-10(12)6-9/h4-5,8-10,12,16H,2-3,6-7H2,1H3/t9-,10-,12+/m0/s1. The van der Waals surface area contributed by atoms with Crippen LogP contribution in [-0.4, -0.2) is 21.6 Å². The molecule has 110 valence electrons. The molecule has 1 aromatic carbocycles. The molecule has 2 fully saturated rings. The number of hydrogen-bond donors (Lipinski definition) is 1. The second-order valence-corrected chi connectivity index (χ2v) is 8.30. The Hall–Kier alpha value is -0.590. The molecule has 3 rings (SSSR count). The van der Waals surface area contributed by atoms with Gasteiger partial charge in [-0.15, -0.1) is 0 Å². The van der Waals surface area contributed by atoms with Crippen molar-refractivity contribution in [3.8, 4) is 5.75 Å². The Balaban J connectivity index is 1.86. The zero-order chi connectivity index (χ0) is 14.3. The molecule has 0 spiro atoms. The van der Waals surface area contributed by atoms with Crippen molar-refractivity contribution < 1.29 is 13.2 Å². The van der Waals surface area contributed by atoms with Gasteiger partial charge >= 0.3 is 0 Å².